The van der Waals surface area contributed by atoms with Crippen LogP contribution in [-0.2, 0) is 8.85 Å². The average molecular weight is 230 g/mol. The summed E-state index contributed by atoms with van der Waals surface area (Å²) in [5.74, 6) is 0. The summed E-state index contributed by atoms with van der Waals surface area (Å²) in [7, 11) is -2.07. The maximum Gasteiger partial charge on any atom is 0.364 e. The lowest BCUT2D eigenvalue weighted by atomic mass is 10.4. The van der Waals surface area contributed by atoms with Crippen molar-refractivity contribution in [2.24, 2.45) is 0 Å². The lowest BCUT2D eigenvalue weighted by Crippen LogP contribution is -2.40. The van der Waals surface area contributed by atoms with Gasteiger partial charge in [-0.05, 0) is 24.6 Å². The Labute approximate surface area is 95.9 Å². The molecule has 0 aliphatic carbocycles. The molecule has 0 saturated carbocycles. The predicted octanol–water partition coefficient (Wildman–Crippen LogP) is 3.81. The zero-order chi connectivity index (χ0) is 11.6. The van der Waals surface area contributed by atoms with Gasteiger partial charge in [-0.1, -0.05) is 33.6 Å². The lowest BCUT2D eigenvalue weighted by Gasteiger charge is -2.27. The normalized spacial score (nSPS) is 11.7. The van der Waals surface area contributed by atoms with Gasteiger partial charge in [0.1, 0.15) is 0 Å². The third-order valence-electron chi connectivity index (χ3n) is 2.29. The van der Waals surface area contributed by atoms with E-state index in [-0.39, 0.29) is 0 Å². The van der Waals surface area contributed by atoms with E-state index in [1.165, 1.54) is 12.8 Å². The molecule has 0 spiro atoms. The highest BCUT2D eigenvalue weighted by atomic mass is 28.4. The van der Waals surface area contributed by atoms with Gasteiger partial charge in [0, 0.05) is 13.2 Å². The Bertz CT molecular complexity index is 138. The molecule has 2 nitrogen and oxygen atoms in total. The van der Waals surface area contributed by atoms with Crippen LogP contribution < -0.4 is 0 Å². The highest BCUT2D eigenvalue weighted by Gasteiger charge is 2.32. The van der Waals surface area contributed by atoms with E-state index in [1.807, 2.05) is 5.70 Å². The molecule has 0 aliphatic rings. The van der Waals surface area contributed by atoms with Crippen LogP contribution in [0.5, 0.6) is 0 Å². The van der Waals surface area contributed by atoms with Crippen molar-refractivity contribution < 1.29 is 8.85 Å². The van der Waals surface area contributed by atoms with E-state index in [0.29, 0.717) is 0 Å². The van der Waals surface area contributed by atoms with E-state index in [9.17, 15) is 0 Å². The summed E-state index contributed by atoms with van der Waals surface area (Å²) in [5.41, 5.74) is 1.95. The van der Waals surface area contributed by atoms with Crippen molar-refractivity contribution in [3.63, 3.8) is 0 Å². The number of rotatable bonds is 10. The van der Waals surface area contributed by atoms with Crippen LogP contribution >= 0.6 is 0 Å². The smallest absolute Gasteiger partial charge is 0.364 e. The molecule has 0 bridgehead atoms. The van der Waals surface area contributed by atoms with Crippen LogP contribution in [0.2, 0.25) is 6.04 Å². The molecule has 0 aromatic heterocycles. The van der Waals surface area contributed by atoms with Crippen molar-refractivity contribution in [1.29, 1.82) is 0 Å². The van der Waals surface area contributed by atoms with Crippen molar-refractivity contribution in [2.45, 2.75) is 52.5 Å². The maximum atomic E-state index is 5.93. The molecule has 0 atom stereocenters. The van der Waals surface area contributed by atoms with Gasteiger partial charge in [-0.15, -0.1) is 6.58 Å². The Morgan fingerprint density at radius 1 is 1.00 bits per heavy atom. The first-order valence-corrected chi connectivity index (χ1v) is 8.26. The number of unbranched alkanes of at least 4 members (excludes halogenated alkanes) is 1. The molecule has 0 aromatic carbocycles. The number of hydrogen-bond donors (Lipinski definition) is 0. The summed E-state index contributed by atoms with van der Waals surface area (Å²) in [5, 5.41) is 0. The minimum atomic E-state index is -2.07. The second-order valence-electron chi connectivity index (χ2n) is 3.82. The molecule has 0 fully saturated rings. The third kappa shape index (κ3) is 6.13. The second kappa shape index (κ2) is 9.13. The minimum absolute atomic E-state index is 0.797. The molecule has 15 heavy (non-hydrogen) atoms. The minimum Gasteiger partial charge on any atom is -0.391 e. The van der Waals surface area contributed by atoms with Gasteiger partial charge in [0.25, 0.3) is 0 Å². The van der Waals surface area contributed by atoms with Crippen LogP contribution in [0.15, 0.2) is 12.3 Å². The molecule has 0 radical (unpaired) electrons. The zero-order valence-corrected chi connectivity index (χ0v) is 11.6. The monoisotopic (exact) mass is 230 g/mol. The molecular weight excluding hydrogens is 204 g/mol. The largest absolute Gasteiger partial charge is 0.391 e. The second-order valence-corrected chi connectivity index (χ2v) is 6.93. The lowest BCUT2D eigenvalue weighted by molar-refractivity contribution is 0.177. The fraction of sp³-hybridized carbons (Fsp3) is 0.833. The predicted molar refractivity (Wildman–Crippen MR) is 68.2 cm³/mol. The molecule has 0 aliphatic heterocycles. The first-order valence-electron chi connectivity index (χ1n) is 6.16. The Balaban J connectivity index is 4.23. The topological polar surface area (TPSA) is 18.5 Å². The first kappa shape index (κ1) is 14.9. The molecule has 0 N–H and O–H groups in total. The van der Waals surface area contributed by atoms with Gasteiger partial charge >= 0.3 is 8.56 Å². The van der Waals surface area contributed by atoms with E-state index in [2.05, 4.69) is 27.4 Å². The van der Waals surface area contributed by atoms with Gasteiger partial charge in [0.15, 0.2) is 0 Å². The van der Waals surface area contributed by atoms with Gasteiger partial charge in [-0.2, -0.15) is 0 Å². The van der Waals surface area contributed by atoms with Crippen LogP contribution in [0.3, 0.4) is 0 Å². The van der Waals surface area contributed by atoms with Crippen LogP contribution in [0.25, 0.3) is 0 Å². The van der Waals surface area contributed by atoms with Crippen LogP contribution in [0.4, 0.5) is 0 Å². The zero-order valence-electron chi connectivity index (χ0n) is 10.6. The summed E-state index contributed by atoms with van der Waals surface area (Å²) >= 11 is 0. The van der Waals surface area contributed by atoms with Gasteiger partial charge in [0.2, 0.25) is 0 Å². The van der Waals surface area contributed by atoms with E-state index in [1.54, 1.807) is 0 Å². The Hall–Kier alpha value is -0.123. The molecule has 0 unspecified atom stereocenters. The van der Waals surface area contributed by atoms with E-state index >= 15 is 0 Å². The standard InChI is InChI=1S/C12H26O2Si/c1-5-9-12-15(8-4,13-10-6-2)14-11-7-3/h8H,4-7,9-12H2,1-3H3. The molecule has 0 heterocycles. The summed E-state index contributed by atoms with van der Waals surface area (Å²) < 4.78 is 11.9. The van der Waals surface area contributed by atoms with Gasteiger partial charge in [-0.25, -0.2) is 0 Å². The van der Waals surface area contributed by atoms with Crippen molar-refractivity contribution in [1.82, 2.24) is 0 Å². The van der Waals surface area contributed by atoms with Gasteiger partial charge in [0.05, 0.1) is 0 Å². The fourth-order valence-electron chi connectivity index (χ4n) is 1.38. The van der Waals surface area contributed by atoms with E-state index < -0.39 is 8.56 Å². The van der Waals surface area contributed by atoms with Gasteiger partial charge < -0.3 is 8.85 Å². The quantitative estimate of drug-likeness (QED) is 0.531. The Kier molecular flexibility index (Phi) is 9.05. The van der Waals surface area contributed by atoms with Gasteiger partial charge in [-0.3, -0.25) is 0 Å². The molecule has 0 rings (SSSR count). The summed E-state index contributed by atoms with van der Waals surface area (Å²) in [4.78, 5) is 0. The average Bonchev–Trinajstić information content (AvgIpc) is 2.29. The fourth-order valence-corrected chi connectivity index (χ4v) is 4.14. The van der Waals surface area contributed by atoms with E-state index in [0.717, 1.165) is 32.1 Å². The van der Waals surface area contributed by atoms with E-state index in [4.69, 9.17) is 8.85 Å². The molecule has 3 heteroatoms. The van der Waals surface area contributed by atoms with Crippen LogP contribution in [0, 0.1) is 0 Å². The summed E-state index contributed by atoms with van der Waals surface area (Å²) in [6, 6.07) is 1.05. The van der Waals surface area contributed by atoms with Crippen molar-refractivity contribution in [3.8, 4) is 0 Å². The third-order valence-corrected chi connectivity index (χ3v) is 5.35. The van der Waals surface area contributed by atoms with Crippen molar-refractivity contribution >= 4 is 8.56 Å². The molecule has 90 valence electrons. The summed E-state index contributed by atoms with van der Waals surface area (Å²) in [6.07, 6.45) is 4.45. The van der Waals surface area contributed by atoms with Crippen LogP contribution in [-0.4, -0.2) is 21.8 Å². The Morgan fingerprint density at radius 3 is 1.87 bits per heavy atom. The molecular formula is C12H26O2Si. The van der Waals surface area contributed by atoms with Crippen LogP contribution in [0.1, 0.15) is 46.5 Å². The SMILES string of the molecule is C=C[Si](CCCC)(OCCC)OCCC. The van der Waals surface area contributed by atoms with Crippen molar-refractivity contribution in [2.75, 3.05) is 13.2 Å². The van der Waals surface area contributed by atoms with Crippen molar-refractivity contribution in [3.05, 3.63) is 12.3 Å². The molecule has 0 saturated heterocycles. The first-order chi connectivity index (χ1) is 7.24. The highest BCUT2D eigenvalue weighted by Crippen LogP contribution is 2.19. The molecule has 0 aromatic rings. The number of hydrogen-bond acceptors (Lipinski definition) is 2. The maximum absolute atomic E-state index is 5.93. The highest BCUT2D eigenvalue weighted by molar-refractivity contribution is 6.72. The Morgan fingerprint density at radius 2 is 1.53 bits per heavy atom. The summed E-state index contributed by atoms with van der Waals surface area (Å²) in [6.45, 7) is 11.9. The molecule has 0 amide bonds.